The Kier molecular flexibility index (Phi) is 4.45. The zero-order valence-electron chi connectivity index (χ0n) is 14.5. The van der Waals surface area contributed by atoms with E-state index in [0.717, 1.165) is 11.1 Å². The number of likely N-dealkylation sites (N-methyl/N-ethyl adjacent to an activating group) is 1. The summed E-state index contributed by atoms with van der Waals surface area (Å²) >= 11 is 1.31. The van der Waals surface area contributed by atoms with Gasteiger partial charge in [0.1, 0.15) is 16.5 Å². The van der Waals surface area contributed by atoms with Crippen molar-refractivity contribution in [3.8, 4) is 11.3 Å². The molecule has 1 aliphatic heterocycles. The molecule has 7 heteroatoms. The summed E-state index contributed by atoms with van der Waals surface area (Å²) in [5.41, 5.74) is 4.24. The first-order valence-corrected chi connectivity index (χ1v) is 9.27. The zero-order valence-corrected chi connectivity index (χ0v) is 15.3. The lowest BCUT2D eigenvalue weighted by molar-refractivity contribution is -0.117. The molecule has 0 radical (unpaired) electrons. The third kappa shape index (κ3) is 3.21. The molecular weight excluding hydrogens is 365 g/mol. The fraction of sp³-hybridized carbons (Fsp3) is 0.150. The van der Waals surface area contributed by atoms with Crippen molar-refractivity contribution < 1.29 is 14.0 Å². The van der Waals surface area contributed by atoms with Crippen LogP contribution in [-0.4, -0.2) is 35.3 Å². The topological polar surface area (TPSA) is 62.3 Å². The van der Waals surface area contributed by atoms with E-state index >= 15 is 0 Å². The van der Waals surface area contributed by atoms with Crippen molar-refractivity contribution in [1.29, 1.82) is 0 Å². The van der Waals surface area contributed by atoms with E-state index in [1.807, 2.05) is 12.1 Å². The third-order valence-electron chi connectivity index (χ3n) is 4.61. The standard InChI is InChI=1S/C20H16FN3O2S/c1-24-10-16(14-4-2-3-5-15(14)20(24)26)18(25)23-19-17(22-11-27-19)12-6-8-13(21)9-7-12/h2-9,11,16H,10H2,1H3,(H,23,25)/t16-/m1/s1. The SMILES string of the molecule is CN1C[C@@H](C(=O)Nc2scnc2-c2ccc(F)cc2)c2ccccc2C1=O. The van der Waals surface area contributed by atoms with E-state index in [4.69, 9.17) is 0 Å². The quantitative estimate of drug-likeness (QED) is 0.751. The van der Waals surface area contributed by atoms with E-state index in [1.165, 1.54) is 23.5 Å². The number of aromatic nitrogens is 1. The smallest absolute Gasteiger partial charge is 0.253 e. The van der Waals surface area contributed by atoms with Crippen LogP contribution in [0, 0.1) is 5.82 Å². The van der Waals surface area contributed by atoms with Gasteiger partial charge in [0.2, 0.25) is 5.91 Å². The van der Waals surface area contributed by atoms with Crippen LogP contribution in [0.4, 0.5) is 9.39 Å². The molecule has 0 saturated heterocycles. The first kappa shape index (κ1) is 17.4. The zero-order chi connectivity index (χ0) is 19.0. The number of nitrogens with zero attached hydrogens (tertiary/aromatic N) is 2. The second kappa shape index (κ2) is 6.92. The van der Waals surface area contributed by atoms with Crippen molar-refractivity contribution >= 4 is 28.2 Å². The van der Waals surface area contributed by atoms with E-state index in [2.05, 4.69) is 10.3 Å². The number of halogens is 1. The lowest BCUT2D eigenvalue weighted by Gasteiger charge is -2.30. The minimum absolute atomic E-state index is 0.0839. The van der Waals surface area contributed by atoms with E-state index in [0.29, 0.717) is 22.8 Å². The van der Waals surface area contributed by atoms with Crippen LogP contribution in [0.5, 0.6) is 0 Å². The third-order valence-corrected chi connectivity index (χ3v) is 5.35. The maximum Gasteiger partial charge on any atom is 0.253 e. The first-order valence-electron chi connectivity index (χ1n) is 8.39. The van der Waals surface area contributed by atoms with Gasteiger partial charge in [0.05, 0.1) is 11.4 Å². The Labute approximate surface area is 159 Å². The van der Waals surface area contributed by atoms with Gasteiger partial charge in [-0.05, 0) is 35.9 Å². The number of carbonyl (C=O) groups excluding carboxylic acids is 2. The predicted octanol–water partition coefficient (Wildman–Crippen LogP) is 3.76. The minimum atomic E-state index is -0.466. The van der Waals surface area contributed by atoms with Crippen LogP contribution in [0.2, 0.25) is 0 Å². The summed E-state index contributed by atoms with van der Waals surface area (Å²) < 4.78 is 13.2. The molecule has 3 aromatic rings. The number of benzene rings is 2. The van der Waals surface area contributed by atoms with Crippen molar-refractivity contribution in [3.63, 3.8) is 0 Å². The van der Waals surface area contributed by atoms with Gasteiger partial charge in [0.25, 0.3) is 5.91 Å². The number of anilines is 1. The molecule has 0 unspecified atom stereocenters. The van der Waals surface area contributed by atoms with E-state index < -0.39 is 5.92 Å². The highest BCUT2D eigenvalue weighted by atomic mass is 32.1. The van der Waals surface area contributed by atoms with Gasteiger partial charge in [-0.25, -0.2) is 9.37 Å². The molecule has 1 atom stereocenters. The van der Waals surface area contributed by atoms with E-state index in [-0.39, 0.29) is 17.6 Å². The van der Waals surface area contributed by atoms with E-state index in [9.17, 15) is 14.0 Å². The monoisotopic (exact) mass is 381 g/mol. The van der Waals surface area contributed by atoms with Crippen molar-refractivity contribution in [2.75, 3.05) is 18.9 Å². The lowest BCUT2D eigenvalue weighted by atomic mass is 9.89. The normalized spacial score (nSPS) is 16.1. The number of hydrogen-bond donors (Lipinski definition) is 1. The molecule has 1 aliphatic rings. The Balaban J connectivity index is 1.63. The Morgan fingerprint density at radius 1 is 1.22 bits per heavy atom. The van der Waals surface area contributed by atoms with Gasteiger partial charge >= 0.3 is 0 Å². The molecule has 2 heterocycles. The highest BCUT2D eigenvalue weighted by molar-refractivity contribution is 7.14. The molecule has 1 N–H and O–H groups in total. The number of amides is 2. The first-order chi connectivity index (χ1) is 13.0. The molecule has 0 fully saturated rings. The summed E-state index contributed by atoms with van der Waals surface area (Å²) in [6, 6.07) is 13.2. The second-order valence-electron chi connectivity index (χ2n) is 6.35. The molecule has 136 valence electrons. The molecule has 2 aromatic carbocycles. The number of nitrogens with one attached hydrogen (secondary N) is 1. The van der Waals surface area contributed by atoms with Crippen molar-refractivity contribution in [3.05, 3.63) is 71.0 Å². The fourth-order valence-electron chi connectivity index (χ4n) is 3.23. The Hall–Kier alpha value is -3.06. The molecule has 5 nitrogen and oxygen atoms in total. The predicted molar refractivity (Wildman–Crippen MR) is 102 cm³/mol. The van der Waals surface area contributed by atoms with Gasteiger partial charge in [-0.3, -0.25) is 9.59 Å². The highest BCUT2D eigenvalue weighted by Gasteiger charge is 2.33. The van der Waals surface area contributed by atoms with Gasteiger partial charge in [0.15, 0.2) is 0 Å². The van der Waals surface area contributed by atoms with Gasteiger partial charge in [-0.2, -0.15) is 0 Å². The van der Waals surface area contributed by atoms with Crippen LogP contribution in [-0.2, 0) is 4.79 Å². The summed E-state index contributed by atoms with van der Waals surface area (Å²) in [5.74, 6) is -1.08. The summed E-state index contributed by atoms with van der Waals surface area (Å²) in [6.07, 6.45) is 0. The second-order valence-corrected chi connectivity index (χ2v) is 7.21. The number of fused-ring (bicyclic) bond motifs is 1. The average molecular weight is 381 g/mol. The minimum Gasteiger partial charge on any atom is -0.341 e. The van der Waals surface area contributed by atoms with Gasteiger partial charge in [-0.1, -0.05) is 18.2 Å². The summed E-state index contributed by atoms with van der Waals surface area (Å²) in [5, 5.41) is 3.54. The molecule has 2 amide bonds. The Morgan fingerprint density at radius 2 is 1.96 bits per heavy atom. The fourth-order valence-corrected chi connectivity index (χ4v) is 3.93. The molecule has 0 bridgehead atoms. The summed E-state index contributed by atoms with van der Waals surface area (Å²) in [4.78, 5) is 31.2. The molecule has 1 aromatic heterocycles. The number of carbonyl (C=O) groups is 2. The van der Waals surface area contributed by atoms with E-state index in [1.54, 1.807) is 41.7 Å². The van der Waals surface area contributed by atoms with Gasteiger partial charge in [-0.15, -0.1) is 11.3 Å². The molecule has 4 rings (SSSR count). The summed E-state index contributed by atoms with van der Waals surface area (Å²) in [7, 11) is 1.69. The average Bonchev–Trinajstić information content (AvgIpc) is 3.13. The molecule has 0 aliphatic carbocycles. The number of rotatable bonds is 3. The molecule has 0 saturated carbocycles. The van der Waals surface area contributed by atoms with Gasteiger partial charge in [0, 0.05) is 24.7 Å². The Morgan fingerprint density at radius 3 is 2.74 bits per heavy atom. The van der Waals surface area contributed by atoms with Crippen LogP contribution >= 0.6 is 11.3 Å². The Bertz CT molecular complexity index is 1020. The molecule has 27 heavy (non-hydrogen) atoms. The largest absolute Gasteiger partial charge is 0.341 e. The van der Waals surface area contributed by atoms with Crippen molar-refractivity contribution in [1.82, 2.24) is 9.88 Å². The molecule has 0 spiro atoms. The van der Waals surface area contributed by atoms with Crippen molar-refractivity contribution in [2.45, 2.75) is 5.92 Å². The maximum absolute atomic E-state index is 13.2. The van der Waals surface area contributed by atoms with Crippen LogP contribution in [0.3, 0.4) is 0 Å². The highest BCUT2D eigenvalue weighted by Crippen LogP contribution is 2.33. The van der Waals surface area contributed by atoms with Crippen LogP contribution < -0.4 is 5.32 Å². The lowest BCUT2D eigenvalue weighted by Crippen LogP contribution is -2.41. The number of hydrogen-bond acceptors (Lipinski definition) is 4. The maximum atomic E-state index is 13.2. The van der Waals surface area contributed by atoms with Gasteiger partial charge < -0.3 is 10.2 Å². The van der Waals surface area contributed by atoms with Crippen LogP contribution in [0.1, 0.15) is 21.8 Å². The summed E-state index contributed by atoms with van der Waals surface area (Å²) in [6.45, 7) is 0.312. The van der Waals surface area contributed by atoms with Crippen molar-refractivity contribution in [2.24, 2.45) is 0 Å². The van der Waals surface area contributed by atoms with Crippen LogP contribution in [0.15, 0.2) is 54.0 Å². The van der Waals surface area contributed by atoms with Crippen LogP contribution in [0.25, 0.3) is 11.3 Å². The number of thiazole rings is 1. The molecular formula is C20H16FN3O2S.